The van der Waals surface area contributed by atoms with E-state index in [9.17, 15) is 0 Å². The highest BCUT2D eigenvalue weighted by molar-refractivity contribution is 9.10. The summed E-state index contributed by atoms with van der Waals surface area (Å²) < 4.78 is 3.05. The molecule has 0 saturated carbocycles. The van der Waals surface area contributed by atoms with Crippen LogP contribution < -0.4 is 5.32 Å². The molecule has 1 N–H and O–H groups in total. The minimum atomic E-state index is 0.309. The number of aryl methyl sites for hydroxylation is 2. The Kier molecular flexibility index (Phi) is 4.77. The molecule has 1 aromatic carbocycles. The van der Waals surface area contributed by atoms with E-state index in [4.69, 9.17) is 0 Å². The molecule has 1 aromatic heterocycles. The normalized spacial score (nSPS) is 12.6. The summed E-state index contributed by atoms with van der Waals surface area (Å²) in [6.07, 6.45) is 4.96. The van der Waals surface area contributed by atoms with Crippen LogP contribution in [-0.4, -0.2) is 16.3 Å². The molecule has 0 aliphatic rings. The van der Waals surface area contributed by atoms with Crippen LogP contribution in [-0.2, 0) is 13.5 Å². The SMILES string of the molecule is CCNC(Cc1cnn(C)c1)c1cccc(C)c1Br. The number of aromatic nitrogens is 2. The van der Waals surface area contributed by atoms with Crippen molar-refractivity contribution in [3.8, 4) is 0 Å². The highest BCUT2D eigenvalue weighted by Crippen LogP contribution is 2.28. The lowest BCUT2D eigenvalue weighted by Gasteiger charge is -2.20. The molecule has 1 heterocycles. The van der Waals surface area contributed by atoms with Gasteiger partial charge in [0.25, 0.3) is 0 Å². The molecule has 0 aliphatic carbocycles. The Hall–Kier alpha value is -1.13. The van der Waals surface area contributed by atoms with E-state index in [1.54, 1.807) is 0 Å². The fraction of sp³-hybridized carbons (Fsp3) is 0.400. The third-order valence-electron chi connectivity index (χ3n) is 3.25. The van der Waals surface area contributed by atoms with E-state index in [1.165, 1.54) is 21.2 Å². The molecule has 0 radical (unpaired) electrons. The minimum absolute atomic E-state index is 0.309. The summed E-state index contributed by atoms with van der Waals surface area (Å²) in [6, 6.07) is 6.73. The lowest BCUT2D eigenvalue weighted by molar-refractivity contribution is 0.547. The summed E-state index contributed by atoms with van der Waals surface area (Å²) in [5.74, 6) is 0. The van der Waals surface area contributed by atoms with Crippen LogP contribution in [0.2, 0.25) is 0 Å². The van der Waals surface area contributed by atoms with Crippen molar-refractivity contribution < 1.29 is 0 Å². The van der Waals surface area contributed by atoms with Gasteiger partial charge in [0.15, 0.2) is 0 Å². The third-order valence-corrected chi connectivity index (χ3v) is 4.33. The van der Waals surface area contributed by atoms with E-state index in [-0.39, 0.29) is 0 Å². The molecule has 0 saturated heterocycles. The maximum absolute atomic E-state index is 4.24. The van der Waals surface area contributed by atoms with Gasteiger partial charge in [-0.15, -0.1) is 0 Å². The summed E-state index contributed by atoms with van der Waals surface area (Å²) >= 11 is 3.71. The van der Waals surface area contributed by atoms with E-state index >= 15 is 0 Å². The topological polar surface area (TPSA) is 29.9 Å². The fourth-order valence-electron chi connectivity index (χ4n) is 2.29. The van der Waals surface area contributed by atoms with Crippen molar-refractivity contribution in [2.75, 3.05) is 6.54 Å². The summed E-state index contributed by atoms with van der Waals surface area (Å²) in [5.41, 5.74) is 3.83. The molecule has 0 amide bonds. The number of nitrogens with zero attached hydrogens (tertiary/aromatic N) is 2. The number of hydrogen-bond acceptors (Lipinski definition) is 2. The standard InChI is InChI=1S/C15H20BrN3/c1-4-17-14(8-12-9-18-19(3)10-12)13-7-5-6-11(2)15(13)16/h5-7,9-10,14,17H,4,8H2,1-3H3. The molecule has 2 rings (SSSR count). The Morgan fingerprint density at radius 1 is 1.42 bits per heavy atom. The van der Waals surface area contributed by atoms with E-state index in [2.05, 4.69) is 64.6 Å². The zero-order chi connectivity index (χ0) is 13.8. The molecule has 1 atom stereocenters. The van der Waals surface area contributed by atoms with Gasteiger partial charge in [0, 0.05) is 23.8 Å². The quantitative estimate of drug-likeness (QED) is 0.914. The van der Waals surface area contributed by atoms with Gasteiger partial charge in [-0.25, -0.2) is 0 Å². The molecule has 19 heavy (non-hydrogen) atoms. The summed E-state index contributed by atoms with van der Waals surface area (Å²) in [6.45, 7) is 5.21. The van der Waals surface area contributed by atoms with Gasteiger partial charge in [-0.2, -0.15) is 5.10 Å². The number of hydrogen-bond donors (Lipinski definition) is 1. The van der Waals surface area contributed by atoms with Gasteiger partial charge >= 0.3 is 0 Å². The highest BCUT2D eigenvalue weighted by atomic mass is 79.9. The molecule has 0 spiro atoms. The largest absolute Gasteiger partial charge is 0.310 e. The van der Waals surface area contributed by atoms with Crippen LogP contribution in [0.25, 0.3) is 0 Å². The number of likely N-dealkylation sites (N-methyl/N-ethyl adjacent to an activating group) is 1. The Balaban J connectivity index is 2.26. The van der Waals surface area contributed by atoms with Crippen LogP contribution >= 0.6 is 15.9 Å². The first kappa shape index (κ1) is 14.3. The number of nitrogens with one attached hydrogen (secondary N) is 1. The smallest absolute Gasteiger partial charge is 0.0522 e. The molecule has 0 aliphatic heterocycles. The van der Waals surface area contributed by atoms with Gasteiger partial charge in [-0.3, -0.25) is 4.68 Å². The fourth-order valence-corrected chi connectivity index (χ4v) is 2.83. The van der Waals surface area contributed by atoms with Crippen molar-refractivity contribution in [3.05, 3.63) is 51.8 Å². The van der Waals surface area contributed by atoms with Gasteiger partial charge in [0.05, 0.1) is 6.20 Å². The zero-order valence-corrected chi connectivity index (χ0v) is 13.2. The monoisotopic (exact) mass is 321 g/mol. The van der Waals surface area contributed by atoms with Crippen molar-refractivity contribution in [2.45, 2.75) is 26.3 Å². The van der Waals surface area contributed by atoms with Gasteiger partial charge in [-0.05, 0) is 36.6 Å². The zero-order valence-electron chi connectivity index (χ0n) is 11.7. The summed E-state index contributed by atoms with van der Waals surface area (Å²) in [5, 5.41) is 7.80. The minimum Gasteiger partial charge on any atom is -0.310 e. The summed E-state index contributed by atoms with van der Waals surface area (Å²) in [7, 11) is 1.95. The highest BCUT2D eigenvalue weighted by Gasteiger charge is 2.15. The van der Waals surface area contributed by atoms with Crippen LogP contribution in [0.15, 0.2) is 35.1 Å². The molecular formula is C15H20BrN3. The van der Waals surface area contributed by atoms with Gasteiger partial charge in [-0.1, -0.05) is 41.1 Å². The first-order valence-electron chi connectivity index (χ1n) is 6.57. The molecule has 0 fully saturated rings. The second-order valence-corrected chi connectivity index (χ2v) is 5.61. The van der Waals surface area contributed by atoms with Crippen molar-refractivity contribution >= 4 is 15.9 Å². The number of halogens is 1. The van der Waals surface area contributed by atoms with Crippen LogP contribution in [0.4, 0.5) is 0 Å². The first-order chi connectivity index (χ1) is 9.11. The third kappa shape index (κ3) is 3.45. The van der Waals surface area contributed by atoms with Crippen molar-refractivity contribution in [1.82, 2.24) is 15.1 Å². The molecule has 2 aromatic rings. The molecule has 102 valence electrons. The average Bonchev–Trinajstić information content (AvgIpc) is 2.78. The molecule has 3 nitrogen and oxygen atoms in total. The first-order valence-corrected chi connectivity index (χ1v) is 7.37. The van der Waals surface area contributed by atoms with Crippen LogP contribution in [0.5, 0.6) is 0 Å². The van der Waals surface area contributed by atoms with Gasteiger partial charge in [0.2, 0.25) is 0 Å². The summed E-state index contributed by atoms with van der Waals surface area (Å²) in [4.78, 5) is 0. The lowest BCUT2D eigenvalue weighted by atomic mass is 9.99. The predicted molar refractivity (Wildman–Crippen MR) is 82.2 cm³/mol. The van der Waals surface area contributed by atoms with E-state index in [0.29, 0.717) is 6.04 Å². The second-order valence-electron chi connectivity index (χ2n) is 4.81. The maximum Gasteiger partial charge on any atom is 0.0522 e. The van der Waals surface area contributed by atoms with E-state index in [1.807, 2.05) is 17.9 Å². The molecule has 4 heteroatoms. The maximum atomic E-state index is 4.24. The van der Waals surface area contributed by atoms with Crippen LogP contribution in [0, 0.1) is 6.92 Å². The van der Waals surface area contributed by atoms with Gasteiger partial charge in [0.1, 0.15) is 0 Å². The Morgan fingerprint density at radius 2 is 2.21 bits per heavy atom. The van der Waals surface area contributed by atoms with Gasteiger partial charge < -0.3 is 5.32 Å². The lowest BCUT2D eigenvalue weighted by Crippen LogP contribution is -2.23. The second kappa shape index (κ2) is 6.35. The average molecular weight is 322 g/mol. The molecule has 1 unspecified atom stereocenters. The van der Waals surface area contributed by atoms with Crippen LogP contribution in [0.1, 0.15) is 29.7 Å². The van der Waals surface area contributed by atoms with Crippen LogP contribution in [0.3, 0.4) is 0 Å². The molecule has 0 bridgehead atoms. The predicted octanol–water partition coefficient (Wildman–Crippen LogP) is 3.38. The number of rotatable bonds is 5. The molecular weight excluding hydrogens is 302 g/mol. The van der Waals surface area contributed by atoms with E-state index in [0.717, 1.165) is 13.0 Å². The Labute approximate surface area is 123 Å². The van der Waals surface area contributed by atoms with Crippen molar-refractivity contribution in [2.24, 2.45) is 7.05 Å². The van der Waals surface area contributed by atoms with Crippen molar-refractivity contribution in [1.29, 1.82) is 0 Å². The Bertz CT molecular complexity index is 548. The number of benzene rings is 1. The van der Waals surface area contributed by atoms with Crippen molar-refractivity contribution in [3.63, 3.8) is 0 Å². The Morgan fingerprint density at radius 3 is 2.84 bits per heavy atom. The van der Waals surface area contributed by atoms with E-state index < -0.39 is 0 Å².